The zero-order valence-corrected chi connectivity index (χ0v) is 21.8. The van der Waals surface area contributed by atoms with E-state index < -0.39 is 11.9 Å². The Morgan fingerprint density at radius 2 is 1.71 bits per heavy atom. The highest BCUT2D eigenvalue weighted by molar-refractivity contribution is 7.80. The number of hydrogen-bond donors (Lipinski definition) is 1. The summed E-state index contributed by atoms with van der Waals surface area (Å²) in [6, 6.07) is 20.1. The number of carbonyl (C=O) groups is 2. The van der Waals surface area contributed by atoms with Gasteiger partial charge in [0.25, 0.3) is 5.91 Å². The van der Waals surface area contributed by atoms with Crippen LogP contribution in [0.15, 0.2) is 66.7 Å². The maximum atomic E-state index is 13.6. The van der Waals surface area contributed by atoms with Gasteiger partial charge in [-0.25, -0.2) is 4.90 Å². The largest absolute Gasteiger partial charge is 0.336 e. The standard InChI is InChI=1S/C27H25Cl2N3O2S/c1-17-11-12-22(18(2)15-17)30-27(35)31(14-13-19-7-4-3-5-8-19)23-16-24(33)32(26(23)34)25-20(28)9-6-10-21(25)29/h3-12,15,23H,13-14,16H2,1-2H3,(H,30,35)/t23-/m0/s1. The van der Waals surface area contributed by atoms with Crippen molar-refractivity contribution < 1.29 is 9.59 Å². The van der Waals surface area contributed by atoms with Gasteiger partial charge in [0.2, 0.25) is 5.91 Å². The molecule has 0 aromatic heterocycles. The van der Waals surface area contributed by atoms with Gasteiger partial charge in [0.1, 0.15) is 6.04 Å². The Bertz CT molecular complexity index is 1260. The van der Waals surface area contributed by atoms with Crippen LogP contribution in [0.25, 0.3) is 0 Å². The normalized spacial score (nSPS) is 15.4. The molecule has 8 heteroatoms. The average molecular weight is 526 g/mol. The molecule has 1 N–H and O–H groups in total. The van der Waals surface area contributed by atoms with Crippen molar-refractivity contribution in [1.29, 1.82) is 0 Å². The van der Waals surface area contributed by atoms with Crippen molar-refractivity contribution in [3.63, 3.8) is 0 Å². The predicted octanol–water partition coefficient (Wildman–Crippen LogP) is 6.18. The summed E-state index contributed by atoms with van der Waals surface area (Å²) < 4.78 is 0. The van der Waals surface area contributed by atoms with Crippen molar-refractivity contribution >= 4 is 63.7 Å². The number of hydrogen-bond acceptors (Lipinski definition) is 3. The predicted molar refractivity (Wildman–Crippen MR) is 146 cm³/mol. The molecule has 0 saturated carbocycles. The number of para-hydroxylation sites is 1. The minimum Gasteiger partial charge on any atom is -0.336 e. The molecule has 35 heavy (non-hydrogen) atoms. The van der Waals surface area contributed by atoms with Gasteiger partial charge in [0.15, 0.2) is 5.11 Å². The summed E-state index contributed by atoms with van der Waals surface area (Å²) in [5.74, 6) is -0.767. The second-order valence-electron chi connectivity index (χ2n) is 8.54. The second-order valence-corrected chi connectivity index (χ2v) is 9.74. The molecule has 4 rings (SSSR count). The lowest BCUT2D eigenvalue weighted by atomic mass is 10.1. The lowest BCUT2D eigenvalue weighted by Crippen LogP contribution is -2.48. The van der Waals surface area contributed by atoms with Gasteiger partial charge >= 0.3 is 0 Å². The highest BCUT2D eigenvalue weighted by atomic mass is 35.5. The number of carbonyl (C=O) groups excluding carboxylic acids is 2. The van der Waals surface area contributed by atoms with E-state index in [1.807, 2.05) is 56.3 Å². The summed E-state index contributed by atoms with van der Waals surface area (Å²) in [5, 5.41) is 4.15. The van der Waals surface area contributed by atoms with Crippen LogP contribution in [0.5, 0.6) is 0 Å². The Hall–Kier alpha value is -2.93. The van der Waals surface area contributed by atoms with Crippen molar-refractivity contribution in [1.82, 2.24) is 4.90 Å². The molecule has 1 saturated heterocycles. The molecule has 1 atom stereocenters. The zero-order valence-electron chi connectivity index (χ0n) is 19.4. The number of aryl methyl sites for hydroxylation is 2. The van der Waals surface area contributed by atoms with E-state index in [9.17, 15) is 9.59 Å². The molecule has 0 bridgehead atoms. The van der Waals surface area contributed by atoms with E-state index >= 15 is 0 Å². The second kappa shape index (κ2) is 10.8. The Morgan fingerprint density at radius 1 is 1.03 bits per heavy atom. The summed E-state index contributed by atoms with van der Waals surface area (Å²) in [4.78, 5) is 29.5. The molecule has 0 radical (unpaired) electrons. The number of benzene rings is 3. The van der Waals surface area contributed by atoms with Crippen LogP contribution in [0.2, 0.25) is 10.0 Å². The monoisotopic (exact) mass is 525 g/mol. The number of nitrogens with zero attached hydrogens (tertiary/aromatic N) is 2. The van der Waals surface area contributed by atoms with Crippen LogP contribution in [0.4, 0.5) is 11.4 Å². The molecule has 1 fully saturated rings. The first-order valence-electron chi connectivity index (χ1n) is 11.3. The van der Waals surface area contributed by atoms with E-state index in [4.69, 9.17) is 35.4 Å². The summed E-state index contributed by atoms with van der Waals surface area (Å²) >= 11 is 18.4. The van der Waals surface area contributed by atoms with E-state index in [0.29, 0.717) is 18.1 Å². The minimum atomic E-state index is -0.774. The summed E-state index contributed by atoms with van der Waals surface area (Å²) in [6.45, 7) is 4.48. The number of nitrogens with one attached hydrogen (secondary N) is 1. The van der Waals surface area contributed by atoms with Crippen molar-refractivity contribution in [2.75, 3.05) is 16.8 Å². The Morgan fingerprint density at radius 3 is 2.37 bits per heavy atom. The Labute approximate surface area is 220 Å². The average Bonchev–Trinajstić information content (AvgIpc) is 3.10. The van der Waals surface area contributed by atoms with E-state index in [-0.39, 0.29) is 28.1 Å². The van der Waals surface area contributed by atoms with Gasteiger partial charge in [-0.05, 0) is 61.8 Å². The number of amides is 2. The number of halogens is 2. The van der Waals surface area contributed by atoms with Gasteiger partial charge in [-0.15, -0.1) is 0 Å². The number of rotatable bonds is 6. The van der Waals surface area contributed by atoms with Crippen LogP contribution < -0.4 is 10.2 Å². The molecular weight excluding hydrogens is 501 g/mol. The third-order valence-electron chi connectivity index (χ3n) is 6.03. The van der Waals surface area contributed by atoms with Gasteiger partial charge in [0, 0.05) is 12.2 Å². The zero-order chi connectivity index (χ0) is 25.1. The fourth-order valence-electron chi connectivity index (χ4n) is 4.23. The molecule has 1 aliphatic rings. The first kappa shape index (κ1) is 25.2. The van der Waals surface area contributed by atoms with Crippen molar-refractivity contribution in [2.24, 2.45) is 0 Å². The molecule has 3 aromatic rings. The number of imide groups is 1. The van der Waals surface area contributed by atoms with Crippen LogP contribution in [-0.2, 0) is 16.0 Å². The van der Waals surface area contributed by atoms with Gasteiger partial charge in [-0.1, -0.05) is 77.3 Å². The highest BCUT2D eigenvalue weighted by Crippen LogP contribution is 2.37. The molecule has 1 heterocycles. The van der Waals surface area contributed by atoms with Gasteiger partial charge in [0.05, 0.1) is 22.2 Å². The lowest BCUT2D eigenvalue weighted by Gasteiger charge is -2.31. The van der Waals surface area contributed by atoms with Gasteiger partial charge < -0.3 is 10.2 Å². The van der Waals surface area contributed by atoms with Crippen LogP contribution in [0.1, 0.15) is 23.1 Å². The fraction of sp³-hybridized carbons (Fsp3) is 0.222. The lowest BCUT2D eigenvalue weighted by molar-refractivity contribution is -0.122. The Kier molecular flexibility index (Phi) is 7.75. The molecule has 0 unspecified atom stereocenters. The van der Waals surface area contributed by atoms with Crippen LogP contribution in [0.3, 0.4) is 0 Å². The molecule has 1 aliphatic heterocycles. The van der Waals surface area contributed by atoms with Crippen LogP contribution >= 0.6 is 35.4 Å². The topological polar surface area (TPSA) is 52.7 Å². The molecule has 3 aromatic carbocycles. The molecule has 5 nitrogen and oxygen atoms in total. The SMILES string of the molecule is Cc1ccc(NC(=S)N(CCc2ccccc2)[C@H]2CC(=O)N(c3c(Cl)cccc3Cl)C2=O)c(C)c1. The quantitative estimate of drug-likeness (QED) is 0.307. The highest BCUT2D eigenvalue weighted by Gasteiger charge is 2.44. The van der Waals surface area contributed by atoms with Gasteiger partial charge in [-0.3, -0.25) is 9.59 Å². The maximum absolute atomic E-state index is 13.6. The summed E-state index contributed by atoms with van der Waals surface area (Å²) in [5.41, 5.74) is 4.35. The molecule has 180 valence electrons. The molecular formula is C27H25Cl2N3O2S. The van der Waals surface area contributed by atoms with Gasteiger partial charge in [-0.2, -0.15) is 0 Å². The van der Waals surface area contributed by atoms with E-state index in [1.165, 1.54) is 0 Å². The van der Waals surface area contributed by atoms with Crippen molar-refractivity contribution in [3.8, 4) is 0 Å². The fourth-order valence-corrected chi connectivity index (χ4v) is 5.13. The summed E-state index contributed by atoms with van der Waals surface area (Å²) in [6.07, 6.45) is 0.629. The van der Waals surface area contributed by atoms with Crippen molar-refractivity contribution in [2.45, 2.75) is 32.7 Å². The first-order chi connectivity index (χ1) is 16.8. The number of thiocarbonyl (C=S) groups is 1. The van der Waals surface area contributed by atoms with Crippen LogP contribution in [0, 0.1) is 13.8 Å². The Balaban J connectivity index is 1.64. The van der Waals surface area contributed by atoms with E-state index in [0.717, 1.165) is 27.3 Å². The third kappa shape index (κ3) is 5.50. The molecule has 2 amide bonds. The molecule has 0 spiro atoms. The number of anilines is 2. The maximum Gasteiger partial charge on any atom is 0.257 e. The third-order valence-corrected chi connectivity index (χ3v) is 6.98. The van der Waals surface area contributed by atoms with Crippen molar-refractivity contribution in [3.05, 3.63) is 93.5 Å². The van der Waals surface area contributed by atoms with E-state index in [1.54, 1.807) is 23.1 Å². The molecule has 0 aliphatic carbocycles. The summed E-state index contributed by atoms with van der Waals surface area (Å²) in [7, 11) is 0. The van der Waals surface area contributed by atoms with Crippen LogP contribution in [-0.4, -0.2) is 34.4 Å². The minimum absolute atomic E-state index is 0.0239. The van der Waals surface area contributed by atoms with E-state index in [2.05, 4.69) is 11.4 Å². The smallest absolute Gasteiger partial charge is 0.257 e. The first-order valence-corrected chi connectivity index (χ1v) is 12.4.